The normalized spacial score (nSPS) is 21.5. The fourth-order valence-corrected chi connectivity index (χ4v) is 3.14. The largest absolute Gasteiger partial charge is 0.368 e. The van der Waals surface area contributed by atoms with E-state index in [0.29, 0.717) is 18.4 Å². The van der Waals surface area contributed by atoms with Crippen LogP contribution >= 0.6 is 0 Å². The van der Waals surface area contributed by atoms with Crippen LogP contribution in [0.2, 0.25) is 0 Å². The van der Waals surface area contributed by atoms with Crippen LogP contribution in [0.15, 0.2) is 28.8 Å². The first-order chi connectivity index (χ1) is 10.7. The molecule has 1 unspecified atom stereocenters. The molecule has 1 aliphatic heterocycles. The zero-order chi connectivity index (χ0) is 15.1. The van der Waals surface area contributed by atoms with Gasteiger partial charge in [-0.1, -0.05) is 29.4 Å². The zero-order valence-electron chi connectivity index (χ0n) is 12.2. The van der Waals surface area contributed by atoms with E-state index >= 15 is 0 Å². The minimum atomic E-state index is -0.429. The number of nitrogens with zero attached hydrogens (tertiary/aromatic N) is 3. The molecule has 6 heteroatoms. The summed E-state index contributed by atoms with van der Waals surface area (Å²) in [5.41, 5.74) is 7.82. The Bertz CT molecular complexity index is 708. The second-order valence-corrected chi connectivity index (χ2v) is 6.04. The molecule has 1 aromatic carbocycles. The highest BCUT2D eigenvalue weighted by Gasteiger charge is 2.33. The fraction of sp³-hybridized carbons (Fsp3) is 0.438. The molecule has 1 amide bonds. The molecule has 114 valence electrons. The van der Waals surface area contributed by atoms with Crippen LogP contribution in [-0.4, -0.2) is 27.5 Å². The van der Waals surface area contributed by atoms with Crippen LogP contribution in [0.4, 0.5) is 0 Å². The van der Waals surface area contributed by atoms with Gasteiger partial charge in [0, 0.05) is 12.5 Å². The average molecular weight is 298 g/mol. The summed E-state index contributed by atoms with van der Waals surface area (Å²) in [5, 5.41) is 4.03. The van der Waals surface area contributed by atoms with Crippen molar-refractivity contribution in [3.63, 3.8) is 0 Å². The third-order valence-corrected chi connectivity index (χ3v) is 4.42. The van der Waals surface area contributed by atoms with Crippen LogP contribution in [0.1, 0.15) is 47.6 Å². The summed E-state index contributed by atoms with van der Waals surface area (Å²) in [5.74, 6) is 1.48. The summed E-state index contributed by atoms with van der Waals surface area (Å²) < 4.78 is 5.33. The Labute approximate surface area is 128 Å². The van der Waals surface area contributed by atoms with E-state index < -0.39 is 6.04 Å². The van der Waals surface area contributed by atoms with Gasteiger partial charge in [-0.05, 0) is 30.4 Å². The summed E-state index contributed by atoms with van der Waals surface area (Å²) in [6, 6.07) is 7.53. The van der Waals surface area contributed by atoms with Gasteiger partial charge in [-0.3, -0.25) is 9.69 Å². The lowest BCUT2D eigenvalue weighted by atomic mass is 9.92. The molecule has 0 bridgehead atoms. The van der Waals surface area contributed by atoms with Crippen LogP contribution in [0.25, 0.3) is 0 Å². The molecule has 1 fully saturated rings. The van der Waals surface area contributed by atoms with E-state index in [1.807, 2.05) is 23.1 Å². The van der Waals surface area contributed by atoms with Crippen molar-refractivity contribution < 1.29 is 9.32 Å². The first-order valence-corrected chi connectivity index (χ1v) is 7.66. The number of hydrogen-bond donors (Lipinski definition) is 1. The number of primary amides is 1. The highest BCUT2D eigenvalue weighted by Crippen LogP contribution is 2.38. The molecule has 1 saturated carbocycles. The molecular formula is C16H18N4O2. The quantitative estimate of drug-likeness (QED) is 0.925. The molecule has 1 aromatic heterocycles. The molecule has 22 heavy (non-hydrogen) atoms. The van der Waals surface area contributed by atoms with Crippen LogP contribution in [0.5, 0.6) is 0 Å². The molecule has 0 saturated heterocycles. The predicted molar refractivity (Wildman–Crippen MR) is 78.8 cm³/mol. The van der Waals surface area contributed by atoms with Gasteiger partial charge in [0.25, 0.3) is 0 Å². The lowest BCUT2D eigenvalue weighted by Gasteiger charge is -2.34. The monoisotopic (exact) mass is 298 g/mol. The Morgan fingerprint density at radius 2 is 2.18 bits per heavy atom. The number of nitrogens with two attached hydrogens (primary N) is 1. The van der Waals surface area contributed by atoms with Crippen molar-refractivity contribution in [2.75, 3.05) is 6.54 Å². The van der Waals surface area contributed by atoms with Gasteiger partial charge in [0.2, 0.25) is 11.8 Å². The van der Waals surface area contributed by atoms with Gasteiger partial charge in [0.1, 0.15) is 6.04 Å². The molecule has 2 N–H and O–H groups in total. The van der Waals surface area contributed by atoms with Crippen LogP contribution in [-0.2, 0) is 17.8 Å². The number of carbonyl (C=O) groups is 1. The molecule has 2 aliphatic rings. The predicted octanol–water partition coefficient (Wildman–Crippen LogP) is 1.53. The summed E-state index contributed by atoms with van der Waals surface area (Å²) in [6.45, 7) is 1.22. The van der Waals surface area contributed by atoms with E-state index in [1.54, 1.807) is 0 Å². The number of amides is 1. The maximum absolute atomic E-state index is 12.0. The van der Waals surface area contributed by atoms with Gasteiger partial charge in [-0.15, -0.1) is 0 Å². The molecule has 2 heterocycles. The fourth-order valence-electron chi connectivity index (χ4n) is 3.14. The molecular weight excluding hydrogens is 280 g/mol. The van der Waals surface area contributed by atoms with Crippen molar-refractivity contribution in [2.24, 2.45) is 5.73 Å². The van der Waals surface area contributed by atoms with Crippen LogP contribution in [0.3, 0.4) is 0 Å². The number of carbonyl (C=O) groups excluding carboxylic acids is 1. The minimum absolute atomic E-state index is 0.339. The van der Waals surface area contributed by atoms with E-state index in [-0.39, 0.29) is 5.91 Å². The van der Waals surface area contributed by atoms with E-state index in [4.69, 9.17) is 10.3 Å². The molecule has 4 rings (SSSR count). The lowest BCUT2D eigenvalue weighted by Crippen LogP contribution is -2.42. The van der Waals surface area contributed by atoms with Gasteiger partial charge in [0.05, 0.1) is 6.54 Å². The Morgan fingerprint density at radius 1 is 1.36 bits per heavy atom. The average Bonchev–Trinajstić information content (AvgIpc) is 3.27. The first kappa shape index (κ1) is 13.5. The van der Waals surface area contributed by atoms with Gasteiger partial charge in [-0.25, -0.2) is 0 Å². The summed E-state index contributed by atoms with van der Waals surface area (Å²) in [7, 11) is 0. The summed E-state index contributed by atoms with van der Waals surface area (Å²) in [4.78, 5) is 18.4. The second-order valence-electron chi connectivity index (χ2n) is 6.04. The van der Waals surface area contributed by atoms with Crippen molar-refractivity contribution in [1.29, 1.82) is 0 Å². The van der Waals surface area contributed by atoms with Crippen LogP contribution < -0.4 is 5.73 Å². The zero-order valence-corrected chi connectivity index (χ0v) is 12.2. The van der Waals surface area contributed by atoms with Gasteiger partial charge < -0.3 is 10.3 Å². The van der Waals surface area contributed by atoms with Crippen molar-refractivity contribution in [3.8, 4) is 0 Å². The van der Waals surface area contributed by atoms with E-state index in [9.17, 15) is 4.79 Å². The Morgan fingerprint density at radius 3 is 2.95 bits per heavy atom. The van der Waals surface area contributed by atoms with Gasteiger partial charge in [-0.2, -0.15) is 4.98 Å². The third kappa shape index (κ3) is 2.39. The summed E-state index contributed by atoms with van der Waals surface area (Å²) in [6.07, 6.45) is 3.17. The number of aromatic nitrogens is 2. The van der Waals surface area contributed by atoms with E-state index in [2.05, 4.69) is 16.2 Å². The van der Waals surface area contributed by atoms with Gasteiger partial charge >= 0.3 is 0 Å². The smallest absolute Gasteiger partial charge is 0.240 e. The number of hydrogen-bond acceptors (Lipinski definition) is 5. The maximum Gasteiger partial charge on any atom is 0.240 e. The molecule has 0 radical (unpaired) electrons. The van der Waals surface area contributed by atoms with Crippen molar-refractivity contribution in [2.45, 2.75) is 37.8 Å². The molecule has 1 atom stereocenters. The third-order valence-electron chi connectivity index (χ3n) is 4.42. The highest BCUT2D eigenvalue weighted by atomic mass is 16.5. The van der Waals surface area contributed by atoms with E-state index in [0.717, 1.165) is 37.2 Å². The topological polar surface area (TPSA) is 85.3 Å². The van der Waals surface area contributed by atoms with Crippen molar-refractivity contribution in [1.82, 2.24) is 15.0 Å². The number of rotatable bonds is 4. The molecule has 1 aliphatic carbocycles. The minimum Gasteiger partial charge on any atom is -0.368 e. The lowest BCUT2D eigenvalue weighted by molar-refractivity contribution is -0.124. The second kappa shape index (κ2) is 5.21. The molecule has 6 nitrogen and oxygen atoms in total. The highest BCUT2D eigenvalue weighted by molar-refractivity contribution is 5.82. The van der Waals surface area contributed by atoms with E-state index in [1.165, 1.54) is 5.56 Å². The SMILES string of the molecule is NC(=O)C1c2ccccc2CCN1Cc1nc(C2CC2)no1. The number of fused-ring (bicyclic) bond motifs is 1. The first-order valence-electron chi connectivity index (χ1n) is 7.66. The molecule has 2 aromatic rings. The van der Waals surface area contributed by atoms with Crippen LogP contribution in [0, 0.1) is 0 Å². The maximum atomic E-state index is 12.0. The molecule has 0 spiro atoms. The van der Waals surface area contributed by atoms with Crippen molar-refractivity contribution >= 4 is 5.91 Å². The Balaban J connectivity index is 1.59. The standard InChI is InChI=1S/C16H18N4O2/c17-15(21)14-12-4-2-1-3-10(12)7-8-20(14)9-13-18-16(19-22-13)11-5-6-11/h1-4,11,14H,5-9H2,(H2,17,21). The summed E-state index contributed by atoms with van der Waals surface area (Å²) >= 11 is 0. The Kier molecular flexibility index (Phi) is 3.18. The van der Waals surface area contributed by atoms with Crippen molar-refractivity contribution in [3.05, 3.63) is 47.1 Å². The number of benzene rings is 1. The van der Waals surface area contributed by atoms with Gasteiger partial charge in [0.15, 0.2) is 5.82 Å². The Hall–Kier alpha value is -2.21.